The molecule has 0 aliphatic carbocycles. The molecule has 1 amide bonds. The van der Waals surface area contributed by atoms with Gasteiger partial charge < -0.3 is 10.7 Å². The molecule has 5 heteroatoms. The highest BCUT2D eigenvalue weighted by molar-refractivity contribution is 5.76. The molecule has 1 aliphatic heterocycles. The molecule has 1 aliphatic rings. The molecule has 19 heavy (non-hydrogen) atoms. The predicted molar refractivity (Wildman–Crippen MR) is 73.3 cm³/mol. The first kappa shape index (κ1) is 12.2. The lowest BCUT2D eigenvalue weighted by Crippen LogP contribution is -2.38. The van der Waals surface area contributed by atoms with Crippen LogP contribution in [0.4, 0.5) is 0 Å². The van der Waals surface area contributed by atoms with Crippen LogP contribution in [0.15, 0.2) is 24.3 Å². The average Bonchev–Trinajstić information content (AvgIpc) is 2.81. The average molecular weight is 258 g/mol. The Morgan fingerprint density at radius 1 is 1.37 bits per heavy atom. The first-order valence-corrected chi connectivity index (χ1v) is 6.67. The smallest absolute Gasteiger partial charge is 0.220 e. The minimum absolute atomic E-state index is 0.0481. The van der Waals surface area contributed by atoms with Gasteiger partial charge in [-0.1, -0.05) is 12.1 Å². The number of para-hydroxylation sites is 2. The first-order chi connectivity index (χ1) is 9.22. The molecule has 3 rings (SSSR count). The maximum Gasteiger partial charge on any atom is 0.220 e. The van der Waals surface area contributed by atoms with Gasteiger partial charge in [0, 0.05) is 5.92 Å². The number of nitrogens with two attached hydrogens (primary N) is 1. The van der Waals surface area contributed by atoms with E-state index in [1.54, 1.807) is 0 Å². The van der Waals surface area contributed by atoms with Gasteiger partial charge in [0.1, 0.15) is 5.82 Å². The number of imidazole rings is 1. The van der Waals surface area contributed by atoms with Crippen molar-refractivity contribution in [2.24, 2.45) is 11.7 Å². The van der Waals surface area contributed by atoms with Gasteiger partial charge in [-0.3, -0.25) is 9.69 Å². The Morgan fingerprint density at radius 2 is 2.11 bits per heavy atom. The van der Waals surface area contributed by atoms with Crippen molar-refractivity contribution in [3.8, 4) is 0 Å². The standard InChI is InChI=1S/C14H18N4O/c15-14(19)10-5-7-18(8-6-10)9-13-16-11-3-1-2-4-12(11)17-13/h1-4,10H,5-9H2,(H2,15,19)(H,16,17). The second-order valence-electron chi connectivity index (χ2n) is 5.15. The summed E-state index contributed by atoms with van der Waals surface area (Å²) in [7, 11) is 0. The molecule has 1 aromatic carbocycles. The van der Waals surface area contributed by atoms with Crippen molar-refractivity contribution in [3.05, 3.63) is 30.1 Å². The number of rotatable bonds is 3. The van der Waals surface area contributed by atoms with E-state index >= 15 is 0 Å². The van der Waals surface area contributed by atoms with Gasteiger partial charge in [-0.25, -0.2) is 4.98 Å². The van der Waals surface area contributed by atoms with E-state index in [0.29, 0.717) is 0 Å². The monoisotopic (exact) mass is 258 g/mol. The van der Waals surface area contributed by atoms with Crippen molar-refractivity contribution < 1.29 is 4.79 Å². The summed E-state index contributed by atoms with van der Waals surface area (Å²) in [5.74, 6) is 0.869. The zero-order chi connectivity index (χ0) is 13.2. The van der Waals surface area contributed by atoms with Crippen molar-refractivity contribution in [1.29, 1.82) is 0 Å². The van der Waals surface area contributed by atoms with Gasteiger partial charge in [0.15, 0.2) is 0 Å². The number of aromatic amines is 1. The highest BCUT2D eigenvalue weighted by Crippen LogP contribution is 2.19. The highest BCUT2D eigenvalue weighted by atomic mass is 16.1. The van der Waals surface area contributed by atoms with Crippen molar-refractivity contribution in [2.75, 3.05) is 13.1 Å². The second-order valence-corrected chi connectivity index (χ2v) is 5.15. The normalized spacial score (nSPS) is 17.9. The quantitative estimate of drug-likeness (QED) is 0.870. The third-order valence-electron chi connectivity index (χ3n) is 3.80. The molecule has 5 nitrogen and oxygen atoms in total. The van der Waals surface area contributed by atoms with Crippen molar-refractivity contribution >= 4 is 16.9 Å². The fourth-order valence-electron chi connectivity index (χ4n) is 2.67. The summed E-state index contributed by atoms with van der Waals surface area (Å²) in [6, 6.07) is 8.04. The number of fused-ring (bicyclic) bond motifs is 1. The fourth-order valence-corrected chi connectivity index (χ4v) is 2.67. The summed E-state index contributed by atoms with van der Waals surface area (Å²) in [5.41, 5.74) is 7.42. The summed E-state index contributed by atoms with van der Waals surface area (Å²) in [5, 5.41) is 0. The largest absolute Gasteiger partial charge is 0.369 e. The Balaban J connectivity index is 1.64. The molecule has 2 aromatic rings. The molecule has 2 heterocycles. The number of hydrogen-bond donors (Lipinski definition) is 2. The molecule has 0 spiro atoms. The molecule has 0 unspecified atom stereocenters. The molecule has 0 bridgehead atoms. The summed E-state index contributed by atoms with van der Waals surface area (Å²) in [6.07, 6.45) is 1.71. The maximum atomic E-state index is 11.1. The fraction of sp³-hybridized carbons (Fsp3) is 0.429. The van der Waals surface area contributed by atoms with Crippen LogP contribution in [0, 0.1) is 5.92 Å². The van der Waals surface area contributed by atoms with E-state index in [9.17, 15) is 4.79 Å². The van der Waals surface area contributed by atoms with Gasteiger partial charge in [-0.15, -0.1) is 0 Å². The van der Waals surface area contributed by atoms with Crippen molar-refractivity contribution in [2.45, 2.75) is 19.4 Å². The lowest BCUT2D eigenvalue weighted by Gasteiger charge is -2.29. The van der Waals surface area contributed by atoms with Gasteiger partial charge in [-0.05, 0) is 38.1 Å². The Bertz CT molecular complexity index is 551. The Morgan fingerprint density at radius 3 is 2.79 bits per heavy atom. The number of piperidine rings is 1. The number of primary amides is 1. The Kier molecular flexibility index (Phi) is 3.21. The van der Waals surface area contributed by atoms with Crippen LogP contribution in [0.25, 0.3) is 11.0 Å². The topological polar surface area (TPSA) is 75.0 Å². The van der Waals surface area contributed by atoms with Crippen LogP contribution in [0.1, 0.15) is 18.7 Å². The molecule has 3 N–H and O–H groups in total. The number of carbonyl (C=O) groups excluding carboxylic acids is 1. The van der Waals surface area contributed by atoms with E-state index in [4.69, 9.17) is 5.73 Å². The maximum absolute atomic E-state index is 11.1. The molecule has 100 valence electrons. The van der Waals surface area contributed by atoms with Gasteiger partial charge in [0.25, 0.3) is 0 Å². The molecule has 0 saturated carbocycles. The van der Waals surface area contributed by atoms with E-state index in [-0.39, 0.29) is 11.8 Å². The zero-order valence-electron chi connectivity index (χ0n) is 10.8. The minimum atomic E-state index is -0.164. The van der Waals surface area contributed by atoms with Crippen molar-refractivity contribution in [1.82, 2.24) is 14.9 Å². The van der Waals surface area contributed by atoms with Crippen LogP contribution in [0.2, 0.25) is 0 Å². The number of nitrogens with zero attached hydrogens (tertiary/aromatic N) is 2. The number of hydrogen-bond acceptors (Lipinski definition) is 3. The molecule has 1 aromatic heterocycles. The number of benzene rings is 1. The van der Waals surface area contributed by atoms with Crippen LogP contribution < -0.4 is 5.73 Å². The van der Waals surface area contributed by atoms with E-state index < -0.39 is 0 Å². The Hall–Kier alpha value is -1.88. The van der Waals surface area contributed by atoms with Crippen LogP contribution in [-0.4, -0.2) is 33.9 Å². The van der Waals surface area contributed by atoms with Crippen LogP contribution in [0.5, 0.6) is 0 Å². The molecule has 1 fully saturated rings. The molecule has 1 saturated heterocycles. The Labute approximate surface area is 111 Å². The molecular weight excluding hydrogens is 240 g/mol. The first-order valence-electron chi connectivity index (χ1n) is 6.67. The molecule has 0 radical (unpaired) electrons. The SMILES string of the molecule is NC(=O)C1CCN(Cc2nc3ccccc3[nH]2)CC1. The number of amides is 1. The summed E-state index contributed by atoms with van der Waals surface area (Å²) in [4.78, 5) is 21.3. The molecular formula is C14H18N4O. The van der Waals surface area contributed by atoms with Gasteiger partial charge in [0.05, 0.1) is 17.6 Å². The lowest BCUT2D eigenvalue weighted by molar-refractivity contribution is -0.123. The number of carbonyl (C=O) groups is 1. The van der Waals surface area contributed by atoms with Gasteiger partial charge in [-0.2, -0.15) is 0 Å². The lowest BCUT2D eigenvalue weighted by atomic mass is 9.96. The third-order valence-corrected chi connectivity index (χ3v) is 3.80. The summed E-state index contributed by atoms with van der Waals surface area (Å²) in [6.45, 7) is 2.62. The van der Waals surface area contributed by atoms with Crippen molar-refractivity contribution in [3.63, 3.8) is 0 Å². The van der Waals surface area contributed by atoms with Gasteiger partial charge >= 0.3 is 0 Å². The van der Waals surface area contributed by atoms with Crippen LogP contribution in [-0.2, 0) is 11.3 Å². The number of likely N-dealkylation sites (tertiary alicyclic amines) is 1. The number of aromatic nitrogens is 2. The zero-order valence-corrected chi connectivity index (χ0v) is 10.8. The van der Waals surface area contributed by atoms with E-state index in [1.165, 1.54) is 0 Å². The molecule has 0 atom stereocenters. The third kappa shape index (κ3) is 2.61. The number of nitrogens with one attached hydrogen (secondary N) is 1. The second kappa shape index (κ2) is 5.01. The van der Waals surface area contributed by atoms with Gasteiger partial charge in [0.2, 0.25) is 5.91 Å². The van der Waals surface area contributed by atoms with Crippen LogP contribution in [0.3, 0.4) is 0 Å². The van der Waals surface area contributed by atoms with E-state index in [2.05, 4.69) is 14.9 Å². The van der Waals surface area contributed by atoms with Crippen LogP contribution >= 0.6 is 0 Å². The van der Waals surface area contributed by atoms with E-state index in [1.807, 2.05) is 24.3 Å². The highest BCUT2D eigenvalue weighted by Gasteiger charge is 2.23. The summed E-state index contributed by atoms with van der Waals surface area (Å²) < 4.78 is 0. The predicted octanol–water partition coefficient (Wildman–Crippen LogP) is 1.26. The van der Waals surface area contributed by atoms with E-state index in [0.717, 1.165) is 49.3 Å². The summed E-state index contributed by atoms with van der Waals surface area (Å²) >= 11 is 0. The number of H-pyrrole nitrogens is 1. The minimum Gasteiger partial charge on any atom is -0.369 e.